The quantitative estimate of drug-likeness (QED) is 0.549. The molecule has 1 radical (unpaired) electrons. The molecular formula is C6H11Cl3LiMg. The van der Waals surface area contributed by atoms with E-state index in [4.69, 9.17) is 18.1 Å². The fourth-order valence-corrected chi connectivity index (χ4v) is 0.898. The molecule has 0 atom stereocenters. The van der Waals surface area contributed by atoms with Crippen molar-refractivity contribution in [3.63, 3.8) is 0 Å². The van der Waals surface area contributed by atoms with Crippen LogP contribution >= 0.6 is 27.9 Å². The predicted molar refractivity (Wildman–Crippen MR) is 56.5 cm³/mol. The van der Waals surface area contributed by atoms with E-state index in [1.165, 1.54) is 48.8 Å². The Kier molecular flexibility index (Phi) is 25.8. The Morgan fingerprint density at radius 1 is 1.00 bits per heavy atom. The molecule has 59 valence electrons. The molecule has 0 aromatic carbocycles. The van der Waals surface area contributed by atoms with Gasteiger partial charge in [-0.3, -0.25) is 0 Å². The predicted octanol–water partition coefficient (Wildman–Crippen LogP) is 3.46. The average molecular weight is 221 g/mol. The topological polar surface area (TPSA) is 0 Å². The molecule has 0 unspecified atom stereocenters. The van der Waals surface area contributed by atoms with Crippen molar-refractivity contribution in [3.05, 3.63) is 6.42 Å². The first-order chi connectivity index (χ1) is 5.41. The Hall–Kier alpha value is 2.23. The van der Waals surface area contributed by atoms with Crippen molar-refractivity contribution in [3.8, 4) is 0 Å². The third-order valence-electron chi connectivity index (χ3n) is 1.32. The monoisotopic (exact) mass is 219 g/mol. The second-order valence-electron chi connectivity index (χ2n) is 2.03. The molecule has 0 aromatic heterocycles. The molecule has 0 N–H and O–H groups in total. The minimum absolute atomic E-state index is 0.639. The Balaban J connectivity index is 0. The van der Waals surface area contributed by atoms with Crippen LogP contribution < -0.4 is 0 Å². The summed E-state index contributed by atoms with van der Waals surface area (Å²) in [6, 6.07) is 0. The molecule has 1 rings (SSSR count). The first-order valence-corrected chi connectivity index (χ1v) is 8.76. The van der Waals surface area contributed by atoms with Crippen LogP contribution in [0, 0.1) is 6.42 Å². The number of hydrogen-bond acceptors (Lipinski definition) is 0. The van der Waals surface area contributed by atoms with Crippen molar-refractivity contribution in [1.29, 1.82) is 0 Å². The summed E-state index contributed by atoms with van der Waals surface area (Å²) in [5.74, 6) is 0. The number of halogens is 3. The summed E-state index contributed by atoms with van der Waals surface area (Å²) in [6.45, 7) is 0. The molecule has 0 amide bonds. The third kappa shape index (κ3) is 18.9. The van der Waals surface area contributed by atoms with Gasteiger partial charge in [-0.15, -0.1) is 0 Å². The van der Waals surface area contributed by atoms with E-state index < -0.39 is 18.2 Å². The molecule has 0 nitrogen and oxygen atoms in total. The van der Waals surface area contributed by atoms with E-state index in [2.05, 4.69) is 16.2 Å². The minimum atomic E-state index is -0.639. The van der Waals surface area contributed by atoms with Gasteiger partial charge >= 0.3 is 44.7 Å². The zero-order valence-corrected chi connectivity index (χ0v) is 10.6. The Bertz CT molecular complexity index is 41.6. The van der Waals surface area contributed by atoms with Crippen molar-refractivity contribution >= 4 is 62.8 Å². The van der Waals surface area contributed by atoms with E-state index in [-0.39, 0.29) is 0 Å². The molecular weight excluding hydrogens is 210 g/mol. The van der Waals surface area contributed by atoms with Gasteiger partial charge in [0.15, 0.2) is 0 Å². The van der Waals surface area contributed by atoms with Crippen molar-refractivity contribution in [1.82, 2.24) is 0 Å². The molecule has 0 aromatic rings. The Labute approximate surface area is 100 Å². The molecule has 0 saturated heterocycles. The Morgan fingerprint density at radius 3 is 1.45 bits per heavy atom. The van der Waals surface area contributed by atoms with Crippen LogP contribution in [0.5, 0.6) is 0 Å². The fraction of sp³-hybridized carbons (Fsp3) is 0.833. The van der Waals surface area contributed by atoms with Crippen molar-refractivity contribution in [2.24, 2.45) is 0 Å². The second-order valence-corrected chi connectivity index (χ2v) is 4.65. The summed E-state index contributed by atoms with van der Waals surface area (Å²) in [6.07, 6.45) is 9.50. The SMILES string of the molecule is [CH]1CCCCC1.[Cl][Mg][Cl].[Li][Cl]. The van der Waals surface area contributed by atoms with Crippen LogP contribution in [0.4, 0.5) is 0 Å². The molecule has 0 bridgehead atoms. The maximum absolute atomic E-state index is 4.90. The van der Waals surface area contributed by atoms with Gasteiger partial charge in [-0.1, -0.05) is 32.1 Å². The van der Waals surface area contributed by atoms with Crippen LogP contribution in [0.2, 0.25) is 0 Å². The summed E-state index contributed by atoms with van der Waals surface area (Å²) in [4.78, 5) is 0. The average Bonchev–Trinajstić information content (AvgIpc) is 2.12. The van der Waals surface area contributed by atoms with E-state index >= 15 is 0 Å². The van der Waals surface area contributed by atoms with Gasteiger partial charge in [0.2, 0.25) is 0 Å². The molecule has 1 aliphatic carbocycles. The van der Waals surface area contributed by atoms with E-state index in [1.807, 2.05) is 0 Å². The van der Waals surface area contributed by atoms with Crippen molar-refractivity contribution < 1.29 is 0 Å². The van der Waals surface area contributed by atoms with Crippen LogP contribution in [0.25, 0.3) is 0 Å². The maximum atomic E-state index is 4.90. The summed E-state index contributed by atoms with van der Waals surface area (Å²) in [5.41, 5.74) is 0. The first-order valence-electron chi connectivity index (χ1n) is 3.73. The normalized spacial score (nSPS) is 14.6. The number of hydrogen-bond donors (Lipinski definition) is 0. The van der Waals surface area contributed by atoms with Gasteiger partial charge in [-0.2, -0.15) is 0 Å². The van der Waals surface area contributed by atoms with Crippen LogP contribution in [-0.4, -0.2) is 34.9 Å². The second kappa shape index (κ2) is 18.1. The molecule has 0 aliphatic heterocycles. The van der Waals surface area contributed by atoms with Gasteiger partial charge in [0.25, 0.3) is 0 Å². The van der Waals surface area contributed by atoms with E-state index in [0.29, 0.717) is 0 Å². The number of rotatable bonds is 0. The third-order valence-corrected chi connectivity index (χ3v) is 1.32. The molecule has 1 fully saturated rings. The summed E-state index contributed by atoms with van der Waals surface area (Å²) in [5, 5.41) is 0. The molecule has 1 aliphatic rings. The zero-order chi connectivity index (χ0) is 8.95. The summed E-state index contributed by atoms with van der Waals surface area (Å²) >= 11 is 0.833. The molecule has 5 heteroatoms. The Morgan fingerprint density at radius 2 is 1.36 bits per heavy atom. The zero-order valence-electron chi connectivity index (χ0n) is 6.95. The molecule has 11 heavy (non-hydrogen) atoms. The van der Waals surface area contributed by atoms with E-state index in [9.17, 15) is 0 Å². The van der Waals surface area contributed by atoms with Gasteiger partial charge in [-0.05, 0) is 6.42 Å². The van der Waals surface area contributed by atoms with Crippen LogP contribution in [-0.2, 0) is 0 Å². The van der Waals surface area contributed by atoms with Crippen LogP contribution in [0.1, 0.15) is 32.1 Å². The van der Waals surface area contributed by atoms with E-state index in [1.54, 1.807) is 0 Å². The van der Waals surface area contributed by atoms with Crippen LogP contribution in [0.3, 0.4) is 0 Å². The first kappa shape index (κ1) is 15.7. The summed E-state index contributed by atoms with van der Waals surface area (Å²) in [7, 11) is 14.4. The standard InChI is InChI=1S/C6H11.3ClH.Li.Mg/c1-2-4-6-5-3-1;;;;;/h1H,2-6H2;3*1H;;/q;;;;+1;+2/p-3. The molecule has 0 spiro atoms. The van der Waals surface area contributed by atoms with Gasteiger partial charge in [-0.25, -0.2) is 0 Å². The van der Waals surface area contributed by atoms with Gasteiger partial charge in [0.1, 0.15) is 0 Å². The molecule has 1 saturated carbocycles. The van der Waals surface area contributed by atoms with Gasteiger partial charge < -0.3 is 18.1 Å². The van der Waals surface area contributed by atoms with Crippen LogP contribution in [0.15, 0.2) is 0 Å². The summed E-state index contributed by atoms with van der Waals surface area (Å²) < 4.78 is 0. The van der Waals surface area contributed by atoms with Gasteiger partial charge in [0.05, 0.1) is 0 Å². The van der Waals surface area contributed by atoms with Crippen molar-refractivity contribution in [2.75, 3.05) is 0 Å². The van der Waals surface area contributed by atoms with Gasteiger partial charge in [0, 0.05) is 0 Å². The molecule has 0 heterocycles. The van der Waals surface area contributed by atoms with E-state index in [0.717, 1.165) is 0 Å². The van der Waals surface area contributed by atoms with Crippen molar-refractivity contribution in [2.45, 2.75) is 32.1 Å². The fourth-order valence-electron chi connectivity index (χ4n) is 0.898.